The maximum Gasteiger partial charge on any atom is 0.0415 e. The van der Waals surface area contributed by atoms with Gasteiger partial charge in [-0.05, 0) is 25.0 Å². The predicted molar refractivity (Wildman–Crippen MR) is 49.6 cm³/mol. The molecular weight excluding hydrogens is 134 g/mol. The highest BCUT2D eigenvalue weighted by molar-refractivity contribution is 5.57. The summed E-state index contributed by atoms with van der Waals surface area (Å²) < 4.78 is 0. The van der Waals surface area contributed by atoms with Crippen LogP contribution in [0.2, 0.25) is 0 Å². The van der Waals surface area contributed by atoms with E-state index in [0.717, 1.165) is 6.42 Å². The molecule has 1 aliphatic rings. The van der Waals surface area contributed by atoms with Crippen molar-refractivity contribution in [3.8, 4) is 0 Å². The van der Waals surface area contributed by atoms with E-state index in [9.17, 15) is 0 Å². The van der Waals surface area contributed by atoms with Crippen LogP contribution in [-0.2, 0) is 6.42 Å². The Bertz CT molecular complexity index is 304. The van der Waals surface area contributed by atoms with Gasteiger partial charge in [-0.3, -0.25) is 0 Å². The summed E-state index contributed by atoms with van der Waals surface area (Å²) in [5, 5.41) is 3.25. The number of nitrogens with one attached hydrogen (secondary N) is 1. The lowest BCUT2D eigenvalue weighted by atomic mass is 10.0. The maximum atomic E-state index is 3.25. The summed E-state index contributed by atoms with van der Waals surface area (Å²) >= 11 is 0. The van der Waals surface area contributed by atoms with Crippen LogP contribution in [0.5, 0.6) is 0 Å². The number of fused-ring (bicyclic) bond motifs is 1. The van der Waals surface area contributed by atoms with Gasteiger partial charge in [-0.25, -0.2) is 0 Å². The number of hydrogen-bond donors (Lipinski definition) is 1. The molecular formula is C10H13N. The third-order valence-electron chi connectivity index (χ3n) is 1.96. The SMILES string of the molecule is CC1=CNc2ccccc2C1.[HH]. The minimum absolute atomic E-state index is 0. The summed E-state index contributed by atoms with van der Waals surface area (Å²) in [6.07, 6.45) is 3.16. The molecule has 0 saturated heterocycles. The van der Waals surface area contributed by atoms with E-state index in [1.54, 1.807) is 0 Å². The molecule has 0 unspecified atom stereocenters. The first kappa shape index (κ1) is 6.47. The molecule has 0 atom stereocenters. The molecule has 1 heteroatoms. The fourth-order valence-electron chi connectivity index (χ4n) is 1.37. The molecule has 0 radical (unpaired) electrons. The predicted octanol–water partition coefficient (Wildman–Crippen LogP) is 2.80. The van der Waals surface area contributed by atoms with Crippen LogP contribution in [0.4, 0.5) is 5.69 Å². The smallest absolute Gasteiger partial charge is 0.0415 e. The first-order chi connectivity index (χ1) is 5.36. The molecule has 1 heterocycles. The van der Waals surface area contributed by atoms with Gasteiger partial charge in [0.15, 0.2) is 0 Å². The molecule has 1 aromatic carbocycles. The number of benzene rings is 1. The van der Waals surface area contributed by atoms with E-state index in [1.165, 1.54) is 16.8 Å². The first-order valence-electron chi connectivity index (χ1n) is 3.86. The van der Waals surface area contributed by atoms with E-state index in [0.29, 0.717) is 0 Å². The van der Waals surface area contributed by atoms with E-state index in [-0.39, 0.29) is 1.43 Å². The Hall–Kier alpha value is -1.24. The third kappa shape index (κ3) is 1.14. The molecule has 0 bridgehead atoms. The zero-order chi connectivity index (χ0) is 7.68. The molecule has 0 saturated carbocycles. The van der Waals surface area contributed by atoms with Crippen LogP contribution in [0.15, 0.2) is 36.0 Å². The van der Waals surface area contributed by atoms with Gasteiger partial charge in [0.25, 0.3) is 0 Å². The van der Waals surface area contributed by atoms with Gasteiger partial charge in [0.05, 0.1) is 0 Å². The lowest BCUT2D eigenvalue weighted by molar-refractivity contribution is 1.11. The van der Waals surface area contributed by atoms with Gasteiger partial charge in [-0.2, -0.15) is 0 Å². The van der Waals surface area contributed by atoms with E-state index >= 15 is 0 Å². The Morgan fingerprint density at radius 2 is 2.18 bits per heavy atom. The monoisotopic (exact) mass is 147 g/mol. The molecule has 1 aliphatic heterocycles. The second-order valence-corrected chi connectivity index (χ2v) is 2.97. The van der Waals surface area contributed by atoms with Crippen LogP contribution >= 0.6 is 0 Å². The van der Waals surface area contributed by atoms with Gasteiger partial charge in [0, 0.05) is 13.3 Å². The Morgan fingerprint density at radius 3 is 3.09 bits per heavy atom. The number of rotatable bonds is 0. The summed E-state index contributed by atoms with van der Waals surface area (Å²) in [7, 11) is 0. The van der Waals surface area contributed by atoms with Gasteiger partial charge in [-0.15, -0.1) is 0 Å². The highest BCUT2D eigenvalue weighted by atomic mass is 14.9. The van der Waals surface area contributed by atoms with Crippen LogP contribution in [-0.4, -0.2) is 0 Å². The molecule has 0 aromatic heterocycles. The van der Waals surface area contributed by atoms with Crippen LogP contribution in [0, 0.1) is 0 Å². The van der Waals surface area contributed by atoms with Gasteiger partial charge in [0.2, 0.25) is 0 Å². The number of anilines is 1. The molecule has 0 fully saturated rings. The Labute approximate surface area is 68.2 Å². The van der Waals surface area contributed by atoms with Crippen LogP contribution in [0.1, 0.15) is 13.9 Å². The minimum Gasteiger partial charge on any atom is -0.361 e. The normalized spacial score (nSPS) is 14.8. The minimum atomic E-state index is 0. The quantitative estimate of drug-likeness (QED) is 0.595. The third-order valence-corrected chi connectivity index (χ3v) is 1.96. The molecule has 1 nitrogen and oxygen atoms in total. The van der Waals surface area contributed by atoms with Gasteiger partial charge < -0.3 is 5.32 Å². The Kier molecular flexibility index (Phi) is 1.42. The summed E-state index contributed by atoms with van der Waals surface area (Å²) in [5.41, 5.74) is 4.04. The zero-order valence-corrected chi connectivity index (χ0v) is 6.59. The fourth-order valence-corrected chi connectivity index (χ4v) is 1.37. The van der Waals surface area contributed by atoms with Gasteiger partial charge in [0.1, 0.15) is 0 Å². The van der Waals surface area contributed by atoms with Crippen LogP contribution < -0.4 is 5.32 Å². The van der Waals surface area contributed by atoms with Gasteiger partial charge in [-0.1, -0.05) is 23.8 Å². The molecule has 2 rings (SSSR count). The van der Waals surface area contributed by atoms with Crippen molar-refractivity contribution in [3.63, 3.8) is 0 Å². The second-order valence-electron chi connectivity index (χ2n) is 2.97. The summed E-state index contributed by atoms with van der Waals surface area (Å²) in [6.45, 7) is 2.14. The van der Waals surface area contributed by atoms with E-state index in [1.807, 2.05) is 0 Å². The Morgan fingerprint density at radius 1 is 1.36 bits per heavy atom. The fraction of sp³-hybridized carbons (Fsp3) is 0.200. The second kappa shape index (κ2) is 2.42. The molecule has 0 spiro atoms. The largest absolute Gasteiger partial charge is 0.361 e. The van der Waals surface area contributed by atoms with Crippen LogP contribution in [0.3, 0.4) is 0 Å². The lowest BCUT2D eigenvalue weighted by Gasteiger charge is -2.15. The molecule has 0 amide bonds. The topological polar surface area (TPSA) is 12.0 Å². The molecule has 58 valence electrons. The standard InChI is InChI=1S/C10H11N.H2/c1-8-6-9-4-2-3-5-10(9)11-7-8;/h2-5,7,11H,6H2,1H3;1H. The van der Waals surface area contributed by atoms with Gasteiger partial charge >= 0.3 is 0 Å². The summed E-state index contributed by atoms with van der Waals surface area (Å²) in [4.78, 5) is 0. The molecule has 0 aliphatic carbocycles. The van der Waals surface area contributed by atoms with Crippen LogP contribution in [0.25, 0.3) is 0 Å². The summed E-state index contributed by atoms with van der Waals surface area (Å²) in [6, 6.07) is 8.41. The zero-order valence-electron chi connectivity index (χ0n) is 6.59. The van der Waals surface area contributed by atoms with Crippen molar-refractivity contribution in [1.82, 2.24) is 0 Å². The van der Waals surface area contributed by atoms with E-state index < -0.39 is 0 Å². The first-order valence-corrected chi connectivity index (χ1v) is 3.86. The van der Waals surface area contributed by atoms with Crippen molar-refractivity contribution in [1.29, 1.82) is 0 Å². The highest BCUT2D eigenvalue weighted by Gasteiger charge is 2.05. The maximum absolute atomic E-state index is 3.25. The van der Waals surface area contributed by atoms with Crippen molar-refractivity contribution in [3.05, 3.63) is 41.6 Å². The van der Waals surface area contributed by atoms with Crippen molar-refractivity contribution in [2.24, 2.45) is 0 Å². The van der Waals surface area contributed by atoms with Crippen molar-refractivity contribution in [2.75, 3.05) is 5.32 Å². The molecule has 1 N–H and O–H groups in total. The highest BCUT2D eigenvalue weighted by Crippen LogP contribution is 2.22. The van der Waals surface area contributed by atoms with Crippen molar-refractivity contribution in [2.45, 2.75) is 13.3 Å². The Balaban J connectivity index is 0.000000720. The van der Waals surface area contributed by atoms with E-state index in [2.05, 4.69) is 42.7 Å². The lowest BCUT2D eigenvalue weighted by Crippen LogP contribution is -2.02. The number of para-hydroxylation sites is 1. The van der Waals surface area contributed by atoms with Crippen molar-refractivity contribution < 1.29 is 1.43 Å². The summed E-state index contributed by atoms with van der Waals surface area (Å²) in [5.74, 6) is 0. The molecule has 11 heavy (non-hydrogen) atoms. The van der Waals surface area contributed by atoms with Crippen molar-refractivity contribution >= 4 is 5.69 Å². The number of hydrogen-bond acceptors (Lipinski definition) is 1. The van der Waals surface area contributed by atoms with E-state index in [4.69, 9.17) is 0 Å². The average molecular weight is 147 g/mol. The average Bonchev–Trinajstić information content (AvgIpc) is 2.04. The molecule has 1 aromatic rings. The number of allylic oxidation sites excluding steroid dienone is 1.